The van der Waals surface area contributed by atoms with Gasteiger partial charge in [-0.1, -0.05) is 6.92 Å². The Morgan fingerprint density at radius 3 is 2.15 bits per heavy atom. The van der Waals surface area contributed by atoms with Gasteiger partial charge in [0, 0.05) is 37.0 Å². The van der Waals surface area contributed by atoms with Gasteiger partial charge in [-0.15, -0.1) is 0 Å². The maximum Gasteiger partial charge on any atom is 0.259 e. The molecule has 3 rings (SSSR count). The number of ether oxygens (including phenoxy) is 3. The van der Waals surface area contributed by atoms with Crippen LogP contribution in [0.25, 0.3) is 0 Å². The Balaban J connectivity index is 1.91. The van der Waals surface area contributed by atoms with E-state index in [-0.39, 0.29) is 41.0 Å². The summed E-state index contributed by atoms with van der Waals surface area (Å²) in [5.74, 6) is -0.464. The highest BCUT2D eigenvalue weighted by atomic mass is 32.2. The van der Waals surface area contributed by atoms with Crippen molar-refractivity contribution < 1.29 is 32.2 Å². The van der Waals surface area contributed by atoms with Gasteiger partial charge >= 0.3 is 0 Å². The molecule has 1 aliphatic rings. The van der Waals surface area contributed by atoms with Gasteiger partial charge in [-0.25, -0.2) is 8.42 Å². The first kappa shape index (κ1) is 24.5. The van der Waals surface area contributed by atoms with Crippen molar-refractivity contribution in [2.45, 2.75) is 18.2 Å². The van der Waals surface area contributed by atoms with E-state index in [1.807, 2.05) is 0 Å². The van der Waals surface area contributed by atoms with Gasteiger partial charge in [0.15, 0.2) is 11.5 Å². The van der Waals surface area contributed by atoms with Gasteiger partial charge in [-0.2, -0.15) is 4.31 Å². The fourth-order valence-corrected chi connectivity index (χ4v) is 4.73. The molecule has 1 aliphatic heterocycles. The first-order valence-corrected chi connectivity index (χ1v) is 11.8. The van der Waals surface area contributed by atoms with E-state index in [0.29, 0.717) is 31.0 Å². The minimum atomic E-state index is -3.87. The monoisotopic (exact) mass is 477 g/mol. The molecule has 0 bridgehead atoms. The SMILES string of the molecule is CCC(=O)Nc1ccc(NC(=O)c2cc(S(=O)(=O)N3CCOCC3)cc(OC)c2OC)cc1. The van der Waals surface area contributed by atoms with Crippen molar-refractivity contribution in [3.05, 3.63) is 42.0 Å². The number of nitrogens with one attached hydrogen (secondary N) is 2. The standard InChI is InChI=1S/C22H27N3O7S/c1-4-20(26)23-15-5-7-16(8-6-15)24-22(27)18-13-17(14-19(30-2)21(18)31-3)33(28,29)25-9-11-32-12-10-25/h5-8,13-14H,4,9-12H2,1-3H3,(H,23,26)(H,24,27). The molecular formula is C22H27N3O7S. The van der Waals surface area contributed by atoms with E-state index in [1.165, 1.54) is 30.7 Å². The summed E-state index contributed by atoms with van der Waals surface area (Å²) >= 11 is 0. The number of hydrogen-bond acceptors (Lipinski definition) is 7. The van der Waals surface area contributed by atoms with Gasteiger partial charge in [0.1, 0.15) is 0 Å². The fraction of sp³-hybridized carbons (Fsp3) is 0.364. The topological polar surface area (TPSA) is 123 Å². The molecule has 0 unspecified atom stereocenters. The van der Waals surface area contributed by atoms with Crippen LogP contribution >= 0.6 is 0 Å². The van der Waals surface area contributed by atoms with Crippen molar-refractivity contribution in [2.75, 3.05) is 51.2 Å². The normalized spacial score (nSPS) is 14.4. The maximum absolute atomic E-state index is 13.1. The Labute approximate surface area is 192 Å². The van der Waals surface area contributed by atoms with Crippen molar-refractivity contribution in [2.24, 2.45) is 0 Å². The largest absolute Gasteiger partial charge is 0.493 e. The van der Waals surface area contributed by atoms with Crippen molar-refractivity contribution in [3.8, 4) is 11.5 Å². The number of sulfonamides is 1. The average molecular weight is 478 g/mol. The van der Waals surface area contributed by atoms with Crippen LogP contribution in [0.2, 0.25) is 0 Å². The van der Waals surface area contributed by atoms with Crippen molar-refractivity contribution in [1.82, 2.24) is 4.31 Å². The number of rotatable bonds is 8. The van der Waals surface area contributed by atoms with E-state index in [9.17, 15) is 18.0 Å². The highest BCUT2D eigenvalue weighted by Crippen LogP contribution is 2.35. The van der Waals surface area contributed by atoms with Gasteiger partial charge < -0.3 is 24.8 Å². The summed E-state index contributed by atoms with van der Waals surface area (Å²) in [6, 6.07) is 9.17. The third kappa shape index (κ3) is 5.62. The third-order valence-corrected chi connectivity index (χ3v) is 6.93. The molecule has 2 amide bonds. The van der Waals surface area contributed by atoms with E-state index in [2.05, 4.69) is 10.6 Å². The Bertz CT molecular complexity index is 1110. The van der Waals surface area contributed by atoms with Gasteiger partial charge in [0.25, 0.3) is 5.91 Å². The molecule has 11 heteroatoms. The van der Waals surface area contributed by atoms with E-state index in [4.69, 9.17) is 14.2 Å². The molecule has 1 saturated heterocycles. The predicted molar refractivity (Wildman–Crippen MR) is 122 cm³/mol. The summed E-state index contributed by atoms with van der Waals surface area (Å²) in [5.41, 5.74) is 1.06. The highest BCUT2D eigenvalue weighted by molar-refractivity contribution is 7.89. The first-order valence-electron chi connectivity index (χ1n) is 10.3. The lowest BCUT2D eigenvalue weighted by atomic mass is 10.1. The van der Waals surface area contributed by atoms with Gasteiger partial charge in [0.05, 0.1) is 37.9 Å². The van der Waals surface area contributed by atoms with Crippen molar-refractivity contribution >= 4 is 33.2 Å². The lowest BCUT2D eigenvalue weighted by Gasteiger charge is -2.26. The van der Waals surface area contributed by atoms with E-state index >= 15 is 0 Å². The molecule has 10 nitrogen and oxygen atoms in total. The second-order valence-electron chi connectivity index (χ2n) is 7.16. The van der Waals surface area contributed by atoms with Crippen LogP contribution in [-0.2, 0) is 19.6 Å². The summed E-state index contributed by atoms with van der Waals surface area (Å²) in [7, 11) is -1.13. The Morgan fingerprint density at radius 2 is 1.61 bits per heavy atom. The zero-order valence-corrected chi connectivity index (χ0v) is 19.5. The van der Waals surface area contributed by atoms with Gasteiger partial charge in [-0.05, 0) is 30.3 Å². The lowest BCUT2D eigenvalue weighted by molar-refractivity contribution is -0.115. The second-order valence-corrected chi connectivity index (χ2v) is 9.09. The number of carbonyl (C=O) groups is 2. The summed E-state index contributed by atoms with van der Waals surface area (Å²) in [5, 5.41) is 5.45. The molecule has 0 atom stereocenters. The Morgan fingerprint density at radius 1 is 1.00 bits per heavy atom. The number of carbonyl (C=O) groups excluding carboxylic acids is 2. The summed E-state index contributed by atoms with van der Waals surface area (Å²) in [4.78, 5) is 24.5. The predicted octanol–water partition coefficient (Wildman–Crippen LogP) is 2.33. The van der Waals surface area contributed by atoms with E-state index < -0.39 is 15.9 Å². The van der Waals surface area contributed by atoms with E-state index in [1.54, 1.807) is 31.2 Å². The molecular weight excluding hydrogens is 450 g/mol. The number of benzene rings is 2. The zero-order valence-electron chi connectivity index (χ0n) is 18.7. The quantitative estimate of drug-likeness (QED) is 0.598. The van der Waals surface area contributed by atoms with Crippen LogP contribution < -0.4 is 20.1 Å². The number of hydrogen-bond donors (Lipinski definition) is 2. The second kappa shape index (κ2) is 10.6. The van der Waals surface area contributed by atoms with Crippen molar-refractivity contribution in [3.63, 3.8) is 0 Å². The lowest BCUT2D eigenvalue weighted by Crippen LogP contribution is -2.40. The number of methoxy groups -OCH3 is 2. The summed E-state index contributed by atoms with van der Waals surface area (Å²) in [6.45, 7) is 2.79. The molecule has 0 radical (unpaired) electrons. The van der Waals surface area contributed by atoms with Gasteiger partial charge in [-0.3, -0.25) is 9.59 Å². The number of anilines is 2. The fourth-order valence-electron chi connectivity index (χ4n) is 3.28. The molecule has 0 aliphatic carbocycles. The zero-order chi connectivity index (χ0) is 24.0. The molecule has 0 saturated carbocycles. The third-order valence-electron chi connectivity index (χ3n) is 5.05. The van der Waals surface area contributed by atoms with Crippen molar-refractivity contribution in [1.29, 1.82) is 0 Å². The molecule has 2 aromatic carbocycles. The minimum Gasteiger partial charge on any atom is -0.493 e. The summed E-state index contributed by atoms with van der Waals surface area (Å²) < 4.78 is 43.5. The van der Waals surface area contributed by atoms with Crippen LogP contribution in [0.15, 0.2) is 41.3 Å². The molecule has 1 fully saturated rings. The number of nitrogens with zero attached hydrogens (tertiary/aromatic N) is 1. The Kier molecular flexibility index (Phi) is 7.90. The first-order chi connectivity index (χ1) is 15.8. The minimum absolute atomic E-state index is 0.00652. The van der Waals surface area contributed by atoms with Crippen LogP contribution in [0.1, 0.15) is 23.7 Å². The summed E-state index contributed by atoms with van der Waals surface area (Å²) in [6.07, 6.45) is 0.351. The molecule has 178 valence electrons. The number of morpholine rings is 1. The van der Waals surface area contributed by atoms with E-state index in [0.717, 1.165) is 0 Å². The molecule has 0 aromatic heterocycles. The molecule has 33 heavy (non-hydrogen) atoms. The maximum atomic E-state index is 13.1. The average Bonchev–Trinajstić information content (AvgIpc) is 2.84. The molecule has 2 aromatic rings. The Hall–Kier alpha value is -3.15. The van der Waals surface area contributed by atoms with Crippen LogP contribution in [0.4, 0.5) is 11.4 Å². The van der Waals surface area contributed by atoms with Crippen LogP contribution in [0.3, 0.4) is 0 Å². The van der Waals surface area contributed by atoms with Crippen LogP contribution in [0, 0.1) is 0 Å². The van der Waals surface area contributed by atoms with Crippen LogP contribution in [-0.4, -0.2) is 65.1 Å². The highest BCUT2D eigenvalue weighted by Gasteiger charge is 2.30. The smallest absolute Gasteiger partial charge is 0.259 e. The molecule has 2 N–H and O–H groups in total. The number of amides is 2. The van der Waals surface area contributed by atoms with Gasteiger partial charge in [0.2, 0.25) is 15.9 Å². The molecule has 0 spiro atoms. The van der Waals surface area contributed by atoms with Crippen LogP contribution in [0.5, 0.6) is 11.5 Å². The molecule has 1 heterocycles.